The predicted molar refractivity (Wildman–Crippen MR) is 92.6 cm³/mol. The van der Waals surface area contributed by atoms with Crippen molar-refractivity contribution in [3.8, 4) is 0 Å². The highest BCUT2D eigenvalue weighted by Gasteiger charge is 2.28. The summed E-state index contributed by atoms with van der Waals surface area (Å²) in [5.74, 6) is -0.613. The second kappa shape index (κ2) is 9.40. The largest absolute Gasteiger partial charge is 0.469 e. The van der Waals surface area contributed by atoms with Gasteiger partial charge >= 0.3 is 5.97 Å². The Hall–Kier alpha value is -1.91. The van der Waals surface area contributed by atoms with Crippen molar-refractivity contribution in [2.45, 2.75) is 57.9 Å². The lowest BCUT2D eigenvalue weighted by atomic mass is 9.94. The fourth-order valence-electron chi connectivity index (χ4n) is 3.38. The molecule has 5 heteroatoms. The number of ether oxygens (including phenoxy) is 1. The quantitative estimate of drug-likeness (QED) is 0.775. The summed E-state index contributed by atoms with van der Waals surface area (Å²) in [4.78, 5) is 30.8. The average molecular weight is 332 g/mol. The standard InChI is InChI=1S/C19H28N2O3/c1-15(19(23)24-2)14-21(17-8-6-4-3-5-7-9-17)18(22)16-10-12-20-13-11-16/h10-13,15,17H,3-9,14H2,1-2H3. The Morgan fingerprint density at radius 2 is 1.75 bits per heavy atom. The first-order chi connectivity index (χ1) is 11.6. The molecule has 1 atom stereocenters. The number of pyridine rings is 1. The highest BCUT2D eigenvalue weighted by atomic mass is 16.5. The minimum absolute atomic E-state index is 0.0151. The number of hydrogen-bond donors (Lipinski definition) is 0. The van der Waals surface area contributed by atoms with Gasteiger partial charge in [-0.15, -0.1) is 0 Å². The first kappa shape index (κ1) is 18.4. The van der Waals surface area contributed by atoms with Crippen LogP contribution in [0.5, 0.6) is 0 Å². The minimum atomic E-state index is -0.328. The van der Waals surface area contributed by atoms with Gasteiger partial charge in [0.1, 0.15) is 0 Å². The molecule has 1 heterocycles. The second-order valence-electron chi connectivity index (χ2n) is 6.62. The molecule has 0 N–H and O–H groups in total. The van der Waals surface area contributed by atoms with Gasteiger partial charge in [0.2, 0.25) is 0 Å². The van der Waals surface area contributed by atoms with Crippen molar-refractivity contribution in [1.29, 1.82) is 0 Å². The van der Waals surface area contributed by atoms with Crippen LogP contribution in [0.3, 0.4) is 0 Å². The Labute approximate surface area is 144 Å². The molecule has 132 valence electrons. The monoisotopic (exact) mass is 332 g/mol. The number of carbonyl (C=O) groups is 2. The van der Waals surface area contributed by atoms with E-state index >= 15 is 0 Å². The van der Waals surface area contributed by atoms with Gasteiger partial charge in [-0.1, -0.05) is 39.0 Å². The summed E-state index contributed by atoms with van der Waals surface area (Å²) in [6.07, 6.45) is 11.3. The molecule has 1 aromatic heterocycles. The molecular weight excluding hydrogens is 304 g/mol. The van der Waals surface area contributed by atoms with Gasteiger partial charge in [0.25, 0.3) is 5.91 Å². The molecule has 24 heavy (non-hydrogen) atoms. The average Bonchev–Trinajstić information content (AvgIpc) is 2.59. The van der Waals surface area contributed by atoms with Crippen LogP contribution in [0.1, 0.15) is 62.2 Å². The summed E-state index contributed by atoms with van der Waals surface area (Å²) in [7, 11) is 1.39. The van der Waals surface area contributed by atoms with E-state index in [9.17, 15) is 9.59 Å². The van der Waals surface area contributed by atoms with E-state index in [4.69, 9.17) is 4.74 Å². The molecule has 1 amide bonds. The summed E-state index contributed by atoms with van der Waals surface area (Å²) in [6, 6.07) is 3.67. The van der Waals surface area contributed by atoms with E-state index in [1.165, 1.54) is 26.4 Å². The van der Waals surface area contributed by atoms with E-state index in [0.717, 1.165) is 25.7 Å². The smallest absolute Gasteiger partial charge is 0.310 e. The fraction of sp³-hybridized carbons (Fsp3) is 0.632. The van der Waals surface area contributed by atoms with Crippen LogP contribution in [0.15, 0.2) is 24.5 Å². The molecule has 1 aliphatic rings. The van der Waals surface area contributed by atoms with Crippen molar-refractivity contribution in [2.75, 3.05) is 13.7 Å². The zero-order valence-electron chi connectivity index (χ0n) is 14.7. The van der Waals surface area contributed by atoms with Gasteiger partial charge < -0.3 is 9.64 Å². The van der Waals surface area contributed by atoms with E-state index in [2.05, 4.69) is 4.98 Å². The molecule has 2 rings (SSSR count). The fourth-order valence-corrected chi connectivity index (χ4v) is 3.38. The number of rotatable bonds is 5. The van der Waals surface area contributed by atoms with Crippen LogP contribution in [-0.4, -0.2) is 41.5 Å². The molecule has 1 aromatic rings. The minimum Gasteiger partial charge on any atom is -0.469 e. The number of nitrogens with zero attached hydrogens (tertiary/aromatic N) is 2. The van der Waals surface area contributed by atoms with E-state index in [0.29, 0.717) is 12.1 Å². The Kier molecular flexibility index (Phi) is 7.22. The maximum atomic E-state index is 13.0. The molecule has 0 bridgehead atoms. The summed E-state index contributed by atoms with van der Waals surface area (Å²) >= 11 is 0. The van der Waals surface area contributed by atoms with Gasteiger partial charge in [-0.3, -0.25) is 14.6 Å². The number of amides is 1. The van der Waals surface area contributed by atoms with Crippen LogP contribution in [-0.2, 0) is 9.53 Å². The number of carbonyl (C=O) groups excluding carboxylic acids is 2. The molecule has 1 unspecified atom stereocenters. The van der Waals surface area contributed by atoms with Crippen LogP contribution in [0.2, 0.25) is 0 Å². The lowest BCUT2D eigenvalue weighted by molar-refractivity contribution is -0.145. The molecule has 5 nitrogen and oxygen atoms in total. The topological polar surface area (TPSA) is 59.5 Å². The zero-order valence-corrected chi connectivity index (χ0v) is 14.7. The van der Waals surface area contributed by atoms with Crippen LogP contribution in [0.25, 0.3) is 0 Å². The normalized spacial score (nSPS) is 17.4. The maximum absolute atomic E-state index is 13.0. The van der Waals surface area contributed by atoms with Crippen molar-refractivity contribution in [2.24, 2.45) is 5.92 Å². The van der Waals surface area contributed by atoms with Gasteiger partial charge in [-0.05, 0) is 25.0 Å². The molecule has 1 saturated carbocycles. The highest BCUT2D eigenvalue weighted by Crippen LogP contribution is 2.24. The van der Waals surface area contributed by atoms with E-state index in [-0.39, 0.29) is 23.8 Å². The van der Waals surface area contributed by atoms with Gasteiger partial charge in [0, 0.05) is 30.5 Å². The molecule has 0 spiro atoms. The zero-order chi connectivity index (χ0) is 17.4. The molecule has 0 aliphatic heterocycles. The number of hydrogen-bond acceptors (Lipinski definition) is 4. The maximum Gasteiger partial charge on any atom is 0.310 e. The SMILES string of the molecule is COC(=O)C(C)CN(C(=O)c1ccncc1)C1CCCCCCC1. The number of esters is 1. The second-order valence-corrected chi connectivity index (χ2v) is 6.62. The first-order valence-corrected chi connectivity index (χ1v) is 8.92. The summed E-state index contributed by atoms with van der Waals surface area (Å²) < 4.78 is 4.84. The lowest BCUT2D eigenvalue weighted by Crippen LogP contribution is -2.44. The first-order valence-electron chi connectivity index (χ1n) is 8.92. The third kappa shape index (κ3) is 5.05. The third-order valence-electron chi connectivity index (χ3n) is 4.78. The van der Waals surface area contributed by atoms with Crippen molar-refractivity contribution in [3.05, 3.63) is 30.1 Å². The van der Waals surface area contributed by atoms with Gasteiger partial charge in [-0.2, -0.15) is 0 Å². The highest BCUT2D eigenvalue weighted by molar-refractivity contribution is 5.94. The van der Waals surface area contributed by atoms with E-state index in [1.54, 1.807) is 24.5 Å². The van der Waals surface area contributed by atoms with Crippen molar-refractivity contribution >= 4 is 11.9 Å². The predicted octanol–water partition coefficient (Wildman–Crippen LogP) is 3.45. The summed E-state index contributed by atoms with van der Waals surface area (Å²) in [6.45, 7) is 2.22. The van der Waals surface area contributed by atoms with Crippen molar-refractivity contribution in [3.63, 3.8) is 0 Å². The third-order valence-corrected chi connectivity index (χ3v) is 4.78. The Balaban J connectivity index is 2.19. The van der Waals surface area contributed by atoms with Crippen LogP contribution in [0, 0.1) is 5.92 Å². The molecule has 0 radical (unpaired) electrons. The Morgan fingerprint density at radius 1 is 1.17 bits per heavy atom. The summed E-state index contributed by atoms with van der Waals surface area (Å²) in [5, 5.41) is 0. The molecule has 1 fully saturated rings. The summed E-state index contributed by atoms with van der Waals surface area (Å²) in [5.41, 5.74) is 0.629. The molecule has 0 saturated heterocycles. The van der Waals surface area contributed by atoms with Gasteiger partial charge in [0.05, 0.1) is 13.0 Å². The Morgan fingerprint density at radius 3 is 2.33 bits per heavy atom. The van der Waals surface area contributed by atoms with E-state index < -0.39 is 0 Å². The van der Waals surface area contributed by atoms with Gasteiger partial charge in [-0.25, -0.2) is 0 Å². The molecular formula is C19H28N2O3. The van der Waals surface area contributed by atoms with Crippen LogP contribution >= 0.6 is 0 Å². The van der Waals surface area contributed by atoms with Gasteiger partial charge in [0.15, 0.2) is 0 Å². The van der Waals surface area contributed by atoms with Crippen molar-refractivity contribution in [1.82, 2.24) is 9.88 Å². The molecule has 1 aliphatic carbocycles. The van der Waals surface area contributed by atoms with E-state index in [1.807, 2.05) is 11.8 Å². The molecule has 0 aromatic carbocycles. The van der Waals surface area contributed by atoms with Crippen LogP contribution in [0.4, 0.5) is 0 Å². The number of aromatic nitrogens is 1. The lowest BCUT2D eigenvalue weighted by Gasteiger charge is -2.34. The number of methoxy groups -OCH3 is 1. The van der Waals surface area contributed by atoms with Crippen molar-refractivity contribution < 1.29 is 14.3 Å². The van der Waals surface area contributed by atoms with Crippen LogP contribution < -0.4 is 0 Å². The Bertz CT molecular complexity index is 525.